The minimum atomic E-state index is 0.673. The Labute approximate surface area is 122 Å². The first-order chi connectivity index (χ1) is 9.65. The van der Waals surface area contributed by atoms with Crippen LogP contribution in [-0.4, -0.2) is 40.6 Å². The summed E-state index contributed by atoms with van der Waals surface area (Å²) < 4.78 is 2.52. The van der Waals surface area contributed by atoms with E-state index in [0.29, 0.717) is 5.92 Å². The molecule has 0 aromatic carbocycles. The Morgan fingerprint density at radius 2 is 2.20 bits per heavy atom. The lowest BCUT2D eigenvalue weighted by Crippen LogP contribution is -2.29. The van der Waals surface area contributed by atoms with Gasteiger partial charge in [-0.25, -0.2) is 4.98 Å². The zero-order valence-electron chi connectivity index (χ0n) is 13.2. The molecule has 0 amide bonds. The number of likely N-dealkylation sites (N-methyl/N-ethyl adjacent to an activating group) is 1. The molecular weight excluding hydrogens is 248 g/mol. The largest absolute Gasteiger partial charge is 0.330 e. The SMILES string of the molecule is CC(C)Cc1nc2c(n1CCN(C)C1CC1)CCNC2. The topological polar surface area (TPSA) is 33.1 Å². The molecule has 1 aromatic rings. The zero-order chi connectivity index (χ0) is 14.1. The lowest BCUT2D eigenvalue weighted by Gasteiger charge is -2.20. The number of imidazole rings is 1. The number of aromatic nitrogens is 2. The minimum Gasteiger partial charge on any atom is -0.330 e. The van der Waals surface area contributed by atoms with E-state index in [-0.39, 0.29) is 0 Å². The third-order valence-corrected chi connectivity index (χ3v) is 4.50. The summed E-state index contributed by atoms with van der Waals surface area (Å²) in [5.74, 6) is 1.98. The summed E-state index contributed by atoms with van der Waals surface area (Å²) in [5, 5.41) is 3.44. The molecule has 1 aliphatic carbocycles. The molecule has 1 fully saturated rings. The molecule has 1 aromatic heterocycles. The van der Waals surface area contributed by atoms with Gasteiger partial charge in [0.05, 0.1) is 5.69 Å². The molecule has 0 atom stereocenters. The van der Waals surface area contributed by atoms with Crippen LogP contribution in [-0.2, 0) is 25.9 Å². The van der Waals surface area contributed by atoms with Crippen LogP contribution < -0.4 is 5.32 Å². The average molecular weight is 276 g/mol. The fraction of sp³-hybridized carbons (Fsp3) is 0.812. The van der Waals surface area contributed by atoms with Gasteiger partial charge in [-0.1, -0.05) is 13.8 Å². The third kappa shape index (κ3) is 3.07. The van der Waals surface area contributed by atoms with Crippen LogP contribution >= 0.6 is 0 Å². The molecule has 4 heteroatoms. The van der Waals surface area contributed by atoms with Crippen molar-refractivity contribution in [2.24, 2.45) is 5.92 Å². The van der Waals surface area contributed by atoms with Crippen LogP contribution in [0.25, 0.3) is 0 Å². The van der Waals surface area contributed by atoms with Crippen molar-refractivity contribution in [3.05, 3.63) is 17.2 Å². The Hall–Kier alpha value is -0.870. The highest BCUT2D eigenvalue weighted by atomic mass is 15.2. The third-order valence-electron chi connectivity index (χ3n) is 4.50. The minimum absolute atomic E-state index is 0.673. The average Bonchev–Trinajstić information content (AvgIpc) is 3.19. The van der Waals surface area contributed by atoms with Crippen molar-refractivity contribution in [1.29, 1.82) is 0 Å². The van der Waals surface area contributed by atoms with E-state index in [0.717, 1.165) is 45.1 Å². The van der Waals surface area contributed by atoms with Gasteiger partial charge in [0.1, 0.15) is 5.82 Å². The number of fused-ring (bicyclic) bond motifs is 1. The Bertz CT molecular complexity index is 459. The zero-order valence-corrected chi connectivity index (χ0v) is 13.2. The quantitative estimate of drug-likeness (QED) is 0.860. The van der Waals surface area contributed by atoms with Crippen LogP contribution in [0.5, 0.6) is 0 Å². The molecule has 0 radical (unpaired) electrons. The first kappa shape index (κ1) is 14.1. The van der Waals surface area contributed by atoms with Crippen LogP contribution in [0.2, 0.25) is 0 Å². The van der Waals surface area contributed by atoms with Gasteiger partial charge >= 0.3 is 0 Å². The van der Waals surface area contributed by atoms with E-state index in [1.165, 1.54) is 30.1 Å². The molecule has 2 aliphatic rings. The van der Waals surface area contributed by atoms with Crippen molar-refractivity contribution in [3.63, 3.8) is 0 Å². The van der Waals surface area contributed by atoms with Crippen molar-refractivity contribution in [3.8, 4) is 0 Å². The summed E-state index contributed by atoms with van der Waals surface area (Å²) in [5.41, 5.74) is 2.78. The van der Waals surface area contributed by atoms with E-state index in [9.17, 15) is 0 Å². The van der Waals surface area contributed by atoms with E-state index in [2.05, 4.69) is 35.7 Å². The molecule has 0 saturated heterocycles. The second kappa shape index (κ2) is 5.86. The molecular formula is C16H28N4. The molecule has 3 rings (SSSR count). The van der Waals surface area contributed by atoms with E-state index in [4.69, 9.17) is 4.98 Å². The highest BCUT2D eigenvalue weighted by Gasteiger charge is 2.26. The monoisotopic (exact) mass is 276 g/mol. The van der Waals surface area contributed by atoms with Gasteiger partial charge in [-0.15, -0.1) is 0 Å². The van der Waals surface area contributed by atoms with Gasteiger partial charge < -0.3 is 14.8 Å². The molecule has 4 nitrogen and oxygen atoms in total. The van der Waals surface area contributed by atoms with E-state index in [1.54, 1.807) is 0 Å². The van der Waals surface area contributed by atoms with Gasteiger partial charge in [-0.3, -0.25) is 0 Å². The fourth-order valence-electron chi connectivity index (χ4n) is 3.17. The normalized spacial score (nSPS) is 18.9. The molecule has 0 spiro atoms. The van der Waals surface area contributed by atoms with E-state index >= 15 is 0 Å². The van der Waals surface area contributed by atoms with Gasteiger partial charge in [-0.2, -0.15) is 0 Å². The lowest BCUT2D eigenvalue weighted by molar-refractivity contribution is 0.304. The van der Waals surface area contributed by atoms with Gasteiger partial charge in [0.25, 0.3) is 0 Å². The summed E-state index contributed by atoms with van der Waals surface area (Å²) in [7, 11) is 2.27. The number of rotatable bonds is 6. The number of hydrogen-bond donors (Lipinski definition) is 1. The molecule has 20 heavy (non-hydrogen) atoms. The Balaban J connectivity index is 1.76. The second-order valence-electron chi connectivity index (χ2n) is 6.81. The van der Waals surface area contributed by atoms with Gasteiger partial charge in [0.2, 0.25) is 0 Å². The van der Waals surface area contributed by atoms with Crippen molar-refractivity contribution in [2.45, 2.75) is 58.7 Å². The van der Waals surface area contributed by atoms with Crippen LogP contribution in [0.4, 0.5) is 0 Å². The van der Waals surface area contributed by atoms with Crippen LogP contribution in [0.15, 0.2) is 0 Å². The van der Waals surface area contributed by atoms with E-state index in [1.807, 2.05) is 0 Å². The second-order valence-corrected chi connectivity index (χ2v) is 6.81. The lowest BCUT2D eigenvalue weighted by atomic mass is 10.1. The summed E-state index contributed by atoms with van der Waals surface area (Å²) in [6.45, 7) is 8.88. The van der Waals surface area contributed by atoms with Crippen molar-refractivity contribution in [2.75, 3.05) is 20.1 Å². The van der Waals surface area contributed by atoms with Crippen molar-refractivity contribution >= 4 is 0 Å². The highest BCUT2D eigenvalue weighted by Crippen LogP contribution is 2.25. The molecule has 1 saturated carbocycles. The smallest absolute Gasteiger partial charge is 0.109 e. The maximum Gasteiger partial charge on any atom is 0.109 e. The van der Waals surface area contributed by atoms with Crippen molar-refractivity contribution in [1.82, 2.24) is 19.8 Å². The Morgan fingerprint density at radius 3 is 2.90 bits per heavy atom. The summed E-state index contributed by atoms with van der Waals surface area (Å²) >= 11 is 0. The predicted octanol–water partition coefficient (Wildman–Crippen LogP) is 1.82. The standard InChI is InChI=1S/C16H28N4/c1-12(2)10-16-18-14-11-17-7-6-15(14)20(16)9-8-19(3)13-4-5-13/h12-13,17H,4-11H2,1-3H3. The van der Waals surface area contributed by atoms with E-state index < -0.39 is 0 Å². The Morgan fingerprint density at radius 1 is 1.40 bits per heavy atom. The van der Waals surface area contributed by atoms with Crippen LogP contribution in [0, 0.1) is 5.92 Å². The summed E-state index contributed by atoms with van der Waals surface area (Å²) in [6, 6.07) is 0.851. The molecule has 1 aliphatic heterocycles. The van der Waals surface area contributed by atoms with Crippen LogP contribution in [0.1, 0.15) is 43.9 Å². The first-order valence-electron chi connectivity index (χ1n) is 8.13. The van der Waals surface area contributed by atoms with Crippen molar-refractivity contribution < 1.29 is 0 Å². The van der Waals surface area contributed by atoms with Gasteiger partial charge in [0, 0.05) is 50.8 Å². The molecule has 0 bridgehead atoms. The maximum absolute atomic E-state index is 4.91. The van der Waals surface area contributed by atoms with Crippen LogP contribution in [0.3, 0.4) is 0 Å². The predicted molar refractivity (Wildman–Crippen MR) is 81.8 cm³/mol. The molecule has 112 valence electrons. The first-order valence-corrected chi connectivity index (χ1v) is 8.13. The summed E-state index contributed by atoms with van der Waals surface area (Å²) in [4.78, 5) is 7.43. The summed E-state index contributed by atoms with van der Waals surface area (Å²) in [6.07, 6.45) is 5.01. The number of nitrogens with zero attached hydrogens (tertiary/aromatic N) is 3. The number of nitrogens with one attached hydrogen (secondary N) is 1. The van der Waals surface area contributed by atoms with Gasteiger partial charge in [0.15, 0.2) is 0 Å². The molecule has 1 N–H and O–H groups in total. The number of hydrogen-bond acceptors (Lipinski definition) is 3. The maximum atomic E-state index is 4.91. The highest BCUT2D eigenvalue weighted by molar-refractivity contribution is 5.20. The molecule has 2 heterocycles. The molecule has 0 unspecified atom stereocenters. The Kier molecular flexibility index (Phi) is 4.13. The fourth-order valence-corrected chi connectivity index (χ4v) is 3.17. The van der Waals surface area contributed by atoms with Gasteiger partial charge in [-0.05, 0) is 25.8 Å².